The van der Waals surface area contributed by atoms with E-state index in [9.17, 15) is 14.4 Å². The highest BCUT2D eigenvalue weighted by molar-refractivity contribution is 6.05. The molecule has 5 nitrogen and oxygen atoms in total. The number of hydrogen-bond acceptors (Lipinski definition) is 3. The summed E-state index contributed by atoms with van der Waals surface area (Å²) >= 11 is 0. The van der Waals surface area contributed by atoms with Gasteiger partial charge >= 0.3 is 5.97 Å². The molecule has 0 radical (unpaired) electrons. The zero-order valence-corrected chi connectivity index (χ0v) is 12.2. The zero-order chi connectivity index (χ0) is 14.9. The number of likely N-dealkylation sites (tertiary alicyclic amines) is 1. The van der Waals surface area contributed by atoms with Crippen LogP contribution in [0.1, 0.15) is 46.0 Å². The Morgan fingerprint density at radius 2 is 1.80 bits per heavy atom. The van der Waals surface area contributed by atoms with E-state index >= 15 is 0 Å². The fraction of sp³-hybridized carbons (Fsp3) is 0.800. The standard InChI is InChI=1S/C15H23NO4/c1-9(3-4-13(17)18)5-6-16-14(19)11-7-10(2)8-12(11)15(16)20/h9-12H,3-8H2,1-2H3,(H,17,18). The van der Waals surface area contributed by atoms with Crippen molar-refractivity contribution in [3.05, 3.63) is 0 Å². The van der Waals surface area contributed by atoms with Crippen molar-refractivity contribution >= 4 is 17.8 Å². The van der Waals surface area contributed by atoms with Gasteiger partial charge in [0.05, 0.1) is 11.8 Å². The Balaban J connectivity index is 1.84. The lowest BCUT2D eigenvalue weighted by Crippen LogP contribution is -2.33. The number of carbonyl (C=O) groups is 3. The van der Waals surface area contributed by atoms with Crippen molar-refractivity contribution in [1.82, 2.24) is 4.90 Å². The Morgan fingerprint density at radius 3 is 2.30 bits per heavy atom. The second-order valence-corrected chi connectivity index (χ2v) is 6.44. The van der Waals surface area contributed by atoms with Gasteiger partial charge in [-0.15, -0.1) is 0 Å². The number of imide groups is 1. The van der Waals surface area contributed by atoms with E-state index in [4.69, 9.17) is 5.11 Å². The summed E-state index contributed by atoms with van der Waals surface area (Å²) in [5.74, 6) is -0.308. The Morgan fingerprint density at radius 1 is 1.25 bits per heavy atom. The molecule has 2 aliphatic rings. The summed E-state index contributed by atoms with van der Waals surface area (Å²) in [6.45, 7) is 4.51. The minimum Gasteiger partial charge on any atom is -0.481 e. The van der Waals surface area contributed by atoms with E-state index in [1.165, 1.54) is 4.90 Å². The van der Waals surface area contributed by atoms with Crippen LogP contribution in [0, 0.1) is 23.7 Å². The molecule has 112 valence electrons. The van der Waals surface area contributed by atoms with E-state index in [1.54, 1.807) is 0 Å². The number of nitrogens with zero attached hydrogens (tertiary/aromatic N) is 1. The largest absolute Gasteiger partial charge is 0.481 e. The van der Waals surface area contributed by atoms with E-state index in [-0.39, 0.29) is 36.0 Å². The highest BCUT2D eigenvalue weighted by Crippen LogP contribution is 2.42. The fourth-order valence-corrected chi connectivity index (χ4v) is 3.43. The van der Waals surface area contributed by atoms with Gasteiger partial charge in [-0.05, 0) is 37.5 Å². The molecule has 2 rings (SSSR count). The molecule has 0 spiro atoms. The lowest BCUT2D eigenvalue weighted by atomic mass is 10.00. The van der Waals surface area contributed by atoms with E-state index in [1.807, 2.05) is 6.92 Å². The van der Waals surface area contributed by atoms with Gasteiger partial charge in [0, 0.05) is 13.0 Å². The van der Waals surface area contributed by atoms with Gasteiger partial charge < -0.3 is 5.11 Å². The van der Waals surface area contributed by atoms with Gasteiger partial charge in [-0.25, -0.2) is 0 Å². The summed E-state index contributed by atoms with van der Waals surface area (Å²) in [5.41, 5.74) is 0. The summed E-state index contributed by atoms with van der Waals surface area (Å²) in [4.78, 5) is 36.4. The average molecular weight is 281 g/mol. The molecule has 1 N–H and O–H groups in total. The minimum atomic E-state index is -0.798. The Labute approximate surface area is 119 Å². The van der Waals surface area contributed by atoms with Crippen LogP contribution >= 0.6 is 0 Å². The van der Waals surface area contributed by atoms with Gasteiger partial charge in [0.15, 0.2) is 0 Å². The molecule has 3 unspecified atom stereocenters. The predicted octanol–water partition coefficient (Wildman–Crippen LogP) is 1.91. The molecule has 1 saturated heterocycles. The molecule has 5 heteroatoms. The first-order valence-corrected chi connectivity index (χ1v) is 7.47. The molecular formula is C15H23NO4. The first kappa shape index (κ1) is 15.0. The highest BCUT2D eigenvalue weighted by atomic mass is 16.4. The molecule has 1 aliphatic heterocycles. The smallest absolute Gasteiger partial charge is 0.303 e. The van der Waals surface area contributed by atoms with Crippen molar-refractivity contribution in [2.75, 3.05) is 6.54 Å². The van der Waals surface area contributed by atoms with Gasteiger partial charge in [-0.2, -0.15) is 0 Å². The van der Waals surface area contributed by atoms with E-state index in [0.29, 0.717) is 25.3 Å². The van der Waals surface area contributed by atoms with Gasteiger partial charge in [-0.1, -0.05) is 13.8 Å². The number of amides is 2. The van der Waals surface area contributed by atoms with Crippen molar-refractivity contribution in [3.63, 3.8) is 0 Å². The Bertz CT molecular complexity index is 396. The second kappa shape index (κ2) is 5.94. The van der Waals surface area contributed by atoms with Crippen LogP contribution < -0.4 is 0 Å². The molecular weight excluding hydrogens is 258 g/mol. The first-order valence-electron chi connectivity index (χ1n) is 7.47. The van der Waals surface area contributed by atoms with E-state index in [2.05, 4.69) is 6.92 Å². The average Bonchev–Trinajstić information content (AvgIpc) is 2.85. The number of carboxylic acids is 1. The van der Waals surface area contributed by atoms with Gasteiger partial charge in [0.2, 0.25) is 11.8 Å². The molecule has 1 heterocycles. The van der Waals surface area contributed by atoms with Gasteiger partial charge in [-0.3, -0.25) is 19.3 Å². The van der Waals surface area contributed by atoms with Gasteiger partial charge in [0.1, 0.15) is 0 Å². The number of aliphatic carboxylic acids is 1. The summed E-state index contributed by atoms with van der Waals surface area (Å²) in [6.07, 6.45) is 3.10. The molecule has 2 fully saturated rings. The summed E-state index contributed by atoms with van der Waals surface area (Å²) in [5, 5.41) is 8.64. The predicted molar refractivity (Wildman–Crippen MR) is 72.7 cm³/mol. The molecule has 0 aromatic heterocycles. The van der Waals surface area contributed by atoms with Crippen LogP contribution in [0.3, 0.4) is 0 Å². The lowest BCUT2D eigenvalue weighted by molar-refractivity contribution is -0.141. The molecule has 3 atom stereocenters. The third kappa shape index (κ3) is 3.02. The number of rotatable bonds is 6. The minimum absolute atomic E-state index is 0.00483. The number of hydrogen-bond donors (Lipinski definition) is 1. The SMILES string of the molecule is CC(CCC(=O)O)CCN1C(=O)C2CC(C)CC2C1=O. The maximum Gasteiger partial charge on any atom is 0.303 e. The third-order valence-electron chi connectivity index (χ3n) is 4.66. The van der Waals surface area contributed by atoms with Crippen molar-refractivity contribution in [2.45, 2.75) is 46.0 Å². The molecule has 0 bridgehead atoms. The van der Waals surface area contributed by atoms with Crippen LogP contribution in [0.4, 0.5) is 0 Å². The van der Waals surface area contributed by atoms with Crippen molar-refractivity contribution in [2.24, 2.45) is 23.7 Å². The van der Waals surface area contributed by atoms with Crippen LogP contribution in [0.5, 0.6) is 0 Å². The van der Waals surface area contributed by atoms with Crippen LogP contribution in [-0.2, 0) is 14.4 Å². The molecule has 20 heavy (non-hydrogen) atoms. The van der Waals surface area contributed by atoms with Crippen molar-refractivity contribution < 1.29 is 19.5 Å². The maximum absolute atomic E-state index is 12.2. The van der Waals surface area contributed by atoms with E-state index in [0.717, 1.165) is 12.8 Å². The Kier molecular flexibility index (Phi) is 4.45. The Hall–Kier alpha value is -1.39. The molecule has 1 saturated carbocycles. The van der Waals surface area contributed by atoms with E-state index < -0.39 is 5.97 Å². The number of carbonyl (C=O) groups excluding carboxylic acids is 2. The molecule has 2 amide bonds. The van der Waals surface area contributed by atoms with Crippen molar-refractivity contribution in [3.8, 4) is 0 Å². The second-order valence-electron chi connectivity index (χ2n) is 6.44. The van der Waals surface area contributed by atoms with Crippen molar-refractivity contribution in [1.29, 1.82) is 0 Å². The molecule has 0 aromatic carbocycles. The summed E-state index contributed by atoms with van der Waals surface area (Å²) in [7, 11) is 0. The maximum atomic E-state index is 12.2. The fourth-order valence-electron chi connectivity index (χ4n) is 3.43. The molecule has 1 aliphatic carbocycles. The van der Waals surface area contributed by atoms with Crippen LogP contribution in [0.2, 0.25) is 0 Å². The quantitative estimate of drug-likeness (QED) is 0.755. The molecule has 0 aromatic rings. The normalized spacial score (nSPS) is 30.7. The zero-order valence-electron chi connectivity index (χ0n) is 12.2. The lowest BCUT2D eigenvalue weighted by Gasteiger charge is -2.19. The number of carboxylic acid groups (broad SMARTS) is 1. The van der Waals surface area contributed by atoms with Gasteiger partial charge in [0.25, 0.3) is 0 Å². The first-order chi connectivity index (χ1) is 9.40. The monoisotopic (exact) mass is 281 g/mol. The van der Waals surface area contributed by atoms with Crippen LogP contribution in [-0.4, -0.2) is 34.3 Å². The summed E-state index contributed by atoms with van der Waals surface area (Å²) < 4.78 is 0. The number of fused-ring (bicyclic) bond motifs is 1. The highest BCUT2D eigenvalue weighted by Gasteiger charge is 2.51. The summed E-state index contributed by atoms with van der Waals surface area (Å²) in [6, 6.07) is 0. The third-order valence-corrected chi connectivity index (χ3v) is 4.66. The van der Waals surface area contributed by atoms with Crippen LogP contribution in [0.25, 0.3) is 0 Å². The topological polar surface area (TPSA) is 74.7 Å². The van der Waals surface area contributed by atoms with Crippen LogP contribution in [0.15, 0.2) is 0 Å².